The number of ether oxygens (including phenoxy) is 2. The Morgan fingerprint density at radius 1 is 1.03 bits per heavy atom. The summed E-state index contributed by atoms with van der Waals surface area (Å²) in [5.74, 6) is -1.93. The minimum absolute atomic E-state index is 0.290. The zero-order valence-electron chi connectivity index (χ0n) is 16.8. The summed E-state index contributed by atoms with van der Waals surface area (Å²) in [7, 11) is 0. The van der Waals surface area contributed by atoms with Crippen LogP contribution >= 0.6 is 0 Å². The predicted molar refractivity (Wildman–Crippen MR) is 104 cm³/mol. The molecule has 1 N–H and O–H groups in total. The van der Waals surface area contributed by atoms with E-state index in [1.54, 1.807) is 0 Å². The average molecular weight is 388 g/mol. The number of nitriles is 3. The van der Waals surface area contributed by atoms with Crippen molar-refractivity contribution in [2.24, 2.45) is 16.7 Å². The molecule has 4 atom stereocenters. The first-order valence-electron chi connectivity index (χ1n) is 10.2. The van der Waals surface area contributed by atoms with E-state index in [0.29, 0.717) is 18.4 Å². The number of hydrogen-bond donors (Lipinski definition) is 1. The van der Waals surface area contributed by atoms with Crippen molar-refractivity contribution in [3.05, 3.63) is 34.9 Å². The highest BCUT2D eigenvalue weighted by atomic mass is 16.7. The van der Waals surface area contributed by atoms with Crippen LogP contribution in [0.5, 0.6) is 0 Å². The van der Waals surface area contributed by atoms with Crippen LogP contribution in [0.3, 0.4) is 0 Å². The molecule has 6 heteroatoms. The quantitative estimate of drug-likeness (QED) is 0.755. The fourth-order valence-electron chi connectivity index (χ4n) is 5.61. The van der Waals surface area contributed by atoms with Gasteiger partial charge < -0.3 is 9.47 Å². The number of rotatable bonds is 1. The van der Waals surface area contributed by atoms with Gasteiger partial charge in [-0.1, -0.05) is 43.0 Å². The lowest BCUT2D eigenvalue weighted by molar-refractivity contribution is -0.289. The van der Waals surface area contributed by atoms with Gasteiger partial charge in [0.05, 0.1) is 24.1 Å². The largest absolute Gasteiger partial charge is 0.447 e. The number of nitrogens with one attached hydrogen (secondary N) is 1. The Labute approximate surface area is 171 Å². The van der Waals surface area contributed by atoms with Gasteiger partial charge in [0.25, 0.3) is 0 Å². The van der Waals surface area contributed by atoms with E-state index >= 15 is 0 Å². The van der Waals surface area contributed by atoms with Gasteiger partial charge in [0.2, 0.25) is 17.1 Å². The van der Waals surface area contributed by atoms with Crippen LogP contribution < -0.4 is 0 Å². The van der Waals surface area contributed by atoms with Crippen molar-refractivity contribution in [2.75, 3.05) is 0 Å². The standard InChI is InChI=1S/C23H24N4O2/c1-15-8-9-17(16(2)11-15)19-21(12-24,13-25)22(14-26)18-7-5-3-4-6-10-23(18,28-19)29-20(22)27/h8-9,11,18-19,27H,3-7,10H2,1-2H3. The Hall–Kier alpha value is -2.88. The van der Waals surface area contributed by atoms with E-state index in [-0.39, 0.29) is 5.90 Å². The molecule has 1 saturated carbocycles. The molecule has 4 rings (SSSR count). The molecule has 1 aliphatic carbocycles. The zero-order chi connectivity index (χ0) is 20.9. The van der Waals surface area contributed by atoms with Crippen LogP contribution in [0.2, 0.25) is 0 Å². The molecule has 2 aliphatic heterocycles. The predicted octanol–water partition coefficient (Wildman–Crippen LogP) is 4.59. The molecule has 1 aromatic carbocycles. The SMILES string of the molecule is Cc1ccc(C2OC34CCCCCCC3C(C#N)(C(=N)O4)C2(C#N)C#N)c(C)c1. The lowest BCUT2D eigenvalue weighted by Crippen LogP contribution is -2.59. The van der Waals surface area contributed by atoms with Crippen molar-refractivity contribution in [2.45, 2.75) is 64.3 Å². The summed E-state index contributed by atoms with van der Waals surface area (Å²) in [6.45, 7) is 3.89. The van der Waals surface area contributed by atoms with Crippen molar-refractivity contribution in [1.82, 2.24) is 0 Å². The summed E-state index contributed by atoms with van der Waals surface area (Å²) >= 11 is 0. The number of aryl methyl sites for hydroxylation is 2. The minimum Gasteiger partial charge on any atom is -0.447 e. The van der Waals surface area contributed by atoms with Crippen molar-refractivity contribution in [3.8, 4) is 18.2 Å². The second-order valence-corrected chi connectivity index (χ2v) is 8.56. The summed E-state index contributed by atoms with van der Waals surface area (Å²) in [4.78, 5) is 0. The normalized spacial score (nSPS) is 35.1. The van der Waals surface area contributed by atoms with Gasteiger partial charge in [-0.05, 0) is 37.8 Å². The molecule has 1 aromatic rings. The van der Waals surface area contributed by atoms with Crippen LogP contribution in [-0.2, 0) is 9.47 Å². The van der Waals surface area contributed by atoms with Crippen molar-refractivity contribution in [1.29, 1.82) is 21.2 Å². The molecule has 2 saturated heterocycles. The Kier molecular flexibility index (Phi) is 4.41. The van der Waals surface area contributed by atoms with Crippen molar-refractivity contribution >= 4 is 5.90 Å². The summed E-state index contributed by atoms with van der Waals surface area (Å²) in [6, 6.07) is 12.3. The van der Waals surface area contributed by atoms with Gasteiger partial charge in [0, 0.05) is 6.42 Å². The van der Waals surface area contributed by atoms with E-state index < -0.39 is 28.6 Å². The van der Waals surface area contributed by atoms with E-state index in [4.69, 9.17) is 14.9 Å². The molecule has 4 unspecified atom stereocenters. The summed E-state index contributed by atoms with van der Waals surface area (Å²) in [6.07, 6.45) is 3.96. The molecule has 3 fully saturated rings. The topological polar surface area (TPSA) is 114 Å². The molecule has 6 nitrogen and oxygen atoms in total. The molecule has 0 amide bonds. The smallest absolute Gasteiger partial charge is 0.217 e. The van der Waals surface area contributed by atoms with E-state index in [1.165, 1.54) is 0 Å². The van der Waals surface area contributed by atoms with E-state index in [2.05, 4.69) is 18.2 Å². The third-order valence-electron chi connectivity index (χ3n) is 7.02. The van der Waals surface area contributed by atoms with Gasteiger partial charge in [0.15, 0.2) is 5.41 Å². The molecule has 0 spiro atoms. The Morgan fingerprint density at radius 2 is 1.76 bits per heavy atom. The third-order valence-corrected chi connectivity index (χ3v) is 7.02. The molecular formula is C23H24N4O2. The van der Waals surface area contributed by atoms with Crippen LogP contribution in [0.25, 0.3) is 0 Å². The summed E-state index contributed by atoms with van der Waals surface area (Å²) in [5.41, 5.74) is -0.844. The van der Waals surface area contributed by atoms with Crippen LogP contribution in [0, 0.1) is 70.0 Å². The number of nitrogens with zero attached hydrogens (tertiary/aromatic N) is 3. The van der Waals surface area contributed by atoms with Gasteiger partial charge in [0.1, 0.15) is 6.10 Å². The molecule has 0 radical (unpaired) electrons. The van der Waals surface area contributed by atoms with Gasteiger partial charge >= 0.3 is 0 Å². The van der Waals surface area contributed by atoms with E-state index in [9.17, 15) is 15.8 Å². The van der Waals surface area contributed by atoms with Crippen LogP contribution in [0.1, 0.15) is 61.3 Å². The Balaban J connectivity index is 2.00. The van der Waals surface area contributed by atoms with Gasteiger partial charge in [-0.3, -0.25) is 5.41 Å². The Bertz CT molecular complexity index is 984. The molecule has 2 heterocycles. The molecular weight excluding hydrogens is 364 g/mol. The molecule has 29 heavy (non-hydrogen) atoms. The summed E-state index contributed by atoms with van der Waals surface area (Å²) in [5, 5.41) is 39.6. The fourth-order valence-corrected chi connectivity index (χ4v) is 5.61. The first-order chi connectivity index (χ1) is 13.9. The Morgan fingerprint density at radius 3 is 2.41 bits per heavy atom. The zero-order valence-corrected chi connectivity index (χ0v) is 16.8. The van der Waals surface area contributed by atoms with Gasteiger partial charge in [-0.2, -0.15) is 15.8 Å². The van der Waals surface area contributed by atoms with E-state index in [0.717, 1.165) is 36.8 Å². The average Bonchev–Trinajstić information content (AvgIpc) is 2.85. The third kappa shape index (κ3) is 2.32. The highest BCUT2D eigenvalue weighted by molar-refractivity contribution is 5.89. The molecule has 0 aromatic heterocycles. The van der Waals surface area contributed by atoms with Gasteiger partial charge in [-0.25, -0.2) is 0 Å². The molecule has 3 aliphatic rings. The van der Waals surface area contributed by atoms with Gasteiger partial charge in [-0.15, -0.1) is 0 Å². The highest BCUT2D eigenvalue weighted by Crippen LogP contribution is 2.68. The maximum absolute atomic E-state index is 10.4. The van der Waals surface area contributed by atoms with Crippen LogP contribution in [0.4, 0.5) is 0 Å². The van der Waals surface area contributed by atoms with Crippen molar-refractivity contribution in [3.63, 3.8) is 0 Å². The maximum atomic E-state index is 10.4. The van der Waals surface area contributed by atoms with E-state index in [1.807, 2.05) is 32.0 Å². The maximum Gasteiger partial charge on any atom is 0.217 e. The summed E-state index contributed by atoms with van der Waals surface area (Å²) < 4.78 is 12.6. The second kappa shape index (κ2) is 6.58. The molecule has 148 valence electrons. The molecule has 2 bridgehead atoms. The lowest BCUT2D eigenvalue weighted by atomic mass is 9.52. The van der Waals surface area contributed by atoms with Crippen LogP contribution in [0.15, 0.2) is 18.2 Å². The number of hydrogen-bond acceptors (Lipinski definition) is 6. The minimum atomic E-state index is -1.86. The number of benzene rings is 1. The van der Waals surface area contributed by atoms with Crippen molar-refractivity contribution < 1.29 is 9.47 Å². The highest BCUT2D eigenvalue weighted by Gasteiger charge is 2.80. The van der Waals surface area contributed by atoms with Crippen LogP contribution in [-0.4, -0.2) is 11.7 Å². The monoisotopic (exact) mass is 388 g/mol. The first-order valence-corrected chi connectivity index (χ1v) is 10.2. The lowest BCUT2D eigenvalue weighted by Gasteiger charge is -2.50. The fraction of sp³-hybridized carbons (Fsp3) is 0.565. The second-order valence-electron chi connectivity index (χ2n) is 8.56. The first kappa shape index (κ1) is 19.4.